The molecule has 0 bridgehead atoms. The van der Waals surface area contributed by atoms with Crippen LogP contribution in [0.3, 0.4) is 0 Å². The van der Waals surface area contributed by atoms with E-state index in [0.29, 0.717) is 17.7 Å². The van der Waals surface area contributed by atoms with Gasteiger partial charge in [0, 0.05) is 23.7 Å². The Morgan fingerprint density at radius 2 is 2.11 bits per heavy atom. The lowest BCUT2D eigenvalue weighted by Crippen LogP contribution is -2.33. The topological polar surface area (TPSA) is 92.4 Å². The maximum atomic E-state index is 12.0. The van der Waals surface area contributed by atoms with Crippen LogP contribution in [0, 0.1) is 6.92 Å². The molecule has 5 nitrogen and oxygen atoms in total. The summed E-state index contributed by atoms with van der Waals surface area (Å²) >= 11 is 0. The third-order valence-electron chi connectivity index (χ3n) is 2.79. The van der Waals surface area contributed by atoms with Crippen LogP contribution >= 0.6 is 0 Å². The first-order valence-electron chi connectivity index (χ1n) is 5.79. The Kier molecular flexibility index (Phi) is 4.71. The molecule has 1 atom stereocenters. The first kappa shape index (κ1) is 14.0. The van der Waals surface area contributed by atoms with E-state index in [0.717, 1.165) is 5.56 Å². The van der Waals surface area contributed by atoms with Gasteiger partial charge in [-0.25, -0.2) is 0 Å². The summed E-state index contributed by atoms with van der Waals surface area (Å²) in [5.74, 6) is -1.09. The Morgan fingerprint density at radius 1 is 1.44 bits per heavy atom. The molecule has 4 N–H and O–H groups in total. The van der Waals surface area contributed by atoms with Crippen molar-refractivity contribution in [2.24, 2.45) is 0 Å². The fourth-order valence-corrected chi connectivity index (χ4v) is 1.61. The van der Waals surface area contributed by atoms with Gasteiger partial charge in [0.15, 0.2) is 0 Å². The highest BCUT2D eigenvalue weighted by atomic mass is 16.4. The smallest absolute Gasteiger partial charge is 0.303 e. The van der Waals surface area contributed by atoms with E-state index in [4.69, 9.17) is 10.8 Å². The lowest BCUT2D eigenvalue weighted by molar-refractivity contribution is -0.137. The fraction of sp³-hybridized carbons (Fsp3) is 0.385. The molecular weight excluding hydrogens is 232 g/mol. The molecule has 0 heterocycles. The first-order chi connectivity index (χ1) is 8.41. The molecule has 0 aromatic heterocycles. The normalized spacial score (nSPS) is 11.9. The third-order valence-corrected chi connectivity index (χ3v) is 2.79. The van der Waals surface area contributed by atoms with Gasteiger partial charge in [-0.15, -0.1) is 0 Å². The quantitative estimate of drug-likeness (QED) is 0.691. The Hall–Kier alpha value is -2.04. The summed E-state index contributed by atoms with van der Waals surface area (Å²) in [5, 5.41) is 11.3. The van der Waals surface area contributed by atoms with Crippen LogP contribution in [0.4, 0.5) is 5.69 Å². The Labute approximate surface area is 106 Å². The summed E-state index contributed by atoms with van der Waals surface area (Å²) < 4.78 is 0. The number of amides is 1. The second-order valence-electron chi connectivity index (χ2n) is 4.33. The molecule has 1 rings (SSSR count). The van der Waals surface area contributed by atoms with Crippen LogP contribution in [0.5, 0.6) is 0 Å². The molecule has 0 aliphatic heterocycles. The summed E-state index contributed by atoms with van der Waals surface area (Å²) in [6, 6.07) is 4.97. The number of aliphatic carboxylic acids is 1. The Bertz CT molecular complexity index is 458. The maximum Gasteiger partial charge on any atom is 0.303 e. The van der Waals surface area contributed by atoms with E-state index in [2.05, 4.69) is 5.32 Å². The van der Waals surface area contributed by atoms with Gasteiger partial charge in [0.05, 0.1) is 0 Å². The summed E-state index contributed by atoms with van der Waals surface area (Å²) in [5.41, 5.74) is 7.56. The van der Waals surface area contributed by atoms with Crippen molar-refractivity contribution in [3.63, 3.8) is 0 Å². The molecule has 0 fully saturated rings. The van der Waals surface area contributed by atoms with Crippen molar-refractivity contribution in [1.82, 2.24) is 5.32 Å². The predicted molar refractivity (Wildman–Crippen MR) is 69.4 cm³/mol. The van der Waals surface area contributed by atoms with Crippen LogP contribution < -0.4 is 11.1 Å². The minimum Gasteiger partial charge on any atom is -0.481 e. The summed E-state index contributed by atoms with van der Waals surface area (Å²) in [6.07, 6.45) is 0.444. The van der Waals surface area contributed by atoms with E-state index in [9.17, 15) is 9.59 Å². The van der Waals surface area contributed by atoms with Crippen molar-refractivity contribution in [2.75, 3.05) is 5.73 Å². The number of nitrogens with one attached hydrogen (secondary N) is 1. The van der Waals surface area contributed by atoms with Crippen LogP contribution in [0.1, 0.15) is 35.7 Å². The van der Waals surface area contributed by atoms with E-state index in [1.807, 2.05) is 0 Å². The van der Waals surface area contributed by atoms with Crippen molar-refractivity contribution in [3.05, 3.63) is 29.3 Å². The molecule has 0 aliphatic rings. The number of carboxylic acids is 1. The third kappa shape index (κ3) is 3.76. The molecule has 1 amide bonds. The SMILES string of the molecule is Cc1c(N)cccc1C(=O)NC(C)CCC(=O)O. The molecule has 0 radical (unpaired) electrons. The summed E-state index contributed by atoms with van der Waals surface area (Å²) in [6.45, 7) is 3.56. The number of nitrogen functional groups attached to an aromatic ring is 1. The highest BCUT2D eigenvalue weighted by Gasteiger charge is 2.13. The molecule has 18 heavy (non-hydrogen) atoms. The number of carbonyl (C=O) groups is 2. The number of anilines is 1. The van der Waals surface area contributed by atoms with E-state index >= 15 is 0 Å². The number of hydrogen-bond acceptors (Lipinski definition) is 3. The molecule has 1 aromatic rings. The van der Waals surface area contributed by atoms with E-state index in [1.54, 1.807) is 32.0 Å². The zero-order chi connectivity index (χ0) is 13.7. The average Bonchev–Trinajstić information content (AvgIpc) is 2.30. The largest absolute Gasteiger partial charge is 0.481 e. The standard InChI is InChI=1S/C13H18N2O3/c1-8(6-7-12(16)17)15-13(18)10-4-3-5-11(14)9(10)2/h3-5,8H,6-7,14H2,1-2H3,(H,15,18)(H,16,17). The molecule has 0 saturated carbocycles. The number of carboxylic acid groups (broad SMARTS) is 1. The van der Waals surface area contributed by atoms with Crippen molar-refractivity contribution < 1.29 is 14.7 Å². The van der Waals surface area contributed by atoms with E-state index < -0.39 is 5.97 Å². The van der Waals surface area contributed by atoms with Gasteiger partial charge >= 0.3 is 5.97 Å². The van der Waals surface area contributed by atoms with E-state index in [-0.39, 0.29) is 18.4 Å². The highest BCUT2D eigenvalue weighted by Crippen LogP contribution is 2.15. The van der Waals surface area contributed by atoms with Gasteiger partial charge in [-0.1, -0.05) is 6.07 Å². The Balaban J connectivity index is 2.65. The van der Waals surface area contributed by atoms with Gasteiger partial charge in [-0.05, 0) is 38.0 Å². The zero-order valence-electron chi connectivity index (χ0n) is 10.6. The lowest BCUT2D eigenvalue weighted by atomic mass is 10.1. The van der Waals surface area contributed by atoms with Gasteiger partial charge in [-0.3, -0.25) is 9.59 Å². The van der Waals surface area contributed by atoms with Crippen molar-refractivity contribution in [3.8, 4) is 0 Å². The number of carbonyl (C=O) groups excluding carboxylic acids is 1. The fourth-order valence-electron chi connectivity index (χ4n) is 1.61. The predicted octanol–water partition coefficient (Wildman–Crippen LogP) is 1.56. The van der Waals surface area contributed by atoms with Crippen LogP contribution in [0.25, 0.3) is 0 Å². The maximum absolute atomic E-state index is 12.0. The molecule has 0 spiro atoms. The van der Waals surface area contributed by atoms with Crippen molar-refractivity contribution in [1.29, 1.82) is 0 Å². The van der Waals surface area contributed by atoms with Gasteiger partial charge in [0.25, 0.3) is 5.91 Å². The van der Waals surface area contributed by atoms with Gasteiger partial charge < -0.3 is 16.2 Å². The molecule has 0 saturated heterocycles. The van der Waals surface area contributed by atoms with E-state index in [1.165, 1.54) is 0 Å². The van der Waals surface area contributed by atoms with Crippen LogP contribution in [0.15, 0.2) is 18.2 Å². The second-order valence-corrected chi connectivity index (χ2v) is 4.33. The lowest BCUT2D eigenvalue weighted by Gasteiger charge is -2.14. The van der Waals surface area contributed by atoms with Crippen LogP contribution in [-0.4, -0.2) is 23.0 Å². The first-order valence-corrected chi connectivity index (χ1v) is 5.79. The average molecular weight is 250 g/mol. The number of rotatable bonds is 5. The number of hydrogen-bond donors (Lipinski definition) is 3. The monoisotopic (exact) mass is 250 g/mol. The molecule has 1 unspecified atom stereocenters. The van der Waals surface area contributed by atoms with Gasteiger partial charge in [-0.2, -0.15) is 0 Å². The van der Waals surface area contributed by atoms with Crippen molar-refractivity contribution in [2.45, 2.75) is 32.7 Å². The Morgan fingerprint density at radius 3 is 2.72 bits per heavy atom. The molecule has 0 aliphatic carbocycles. The molecule has 5 heteroatoms. The highest BCUT2D eigenvalue weighted by molar-refractivity contribution is 5.97. The number of nitrogens with two attached hydrogens (primary N) is 1. The minimum absolute atomic E-state index is 0.0390. The van der Waals surface area contributed by atoms with Gasteiger partial charge in [0.2, 0.25) is 0 Å². The summed E-state index contributed by atoms with van der Waals surface area (Å²) in [4.78, 5) is 22.4. The minimum atomic E-state index is -0.865. The molecule has 1 aromatic carbocycles. The van der Waals surface area contributed by atoms with Crippen LogP contribution in [0.2, 0.25) is 0 Å². The summed E-state index contributed by atoms with van der Waals surface area (Å²) in [7, 11) is 0. The second kappa shape index (κ2) is 6.05. The molecular formula is C13H18N2O3. The molecule has 98 valence electrons. The zero-order valence-corrected chi connectivity index (χ0v) is 10.6. The van der Waals surface area contributed by atoms with Gasteiger partial charge in [0.1, 0.15) is 0 Å². The number of benzene rings is 1. The van der Waals surface area contributed by atoms with Crippen LogP contribution in [-0.2, 0) is 4.79 Å². The van der Waals surface area contributed by atoms with Crippen molar-refractivity contribution >= 4 is 17.6 Å².